The lowest BCUT2D eigenvalue weighted by Gasteiger charge is -2.19. The maximum atomic E-state index is 12.2. The molecular weight excluding hydrogens is 348 g/mol. The van der Waals surface area contributed by atoms with Crippen LogP contribution in [0.4, 0.5) is 11.4 Å². The molecule has 0 aliphatic carbocycles. The van der Waals surface area contributed by atoms with Crippen LogP contribution in [0.1, 0.15) is 42.3 Å². The fourth-order valence-corrected chi connectivity index (χ4v) is 2.89. The number of hydroxylamine groups is 2. The summed E-state index contributed by atoms with van der Waals surface area (Å²) >= 11 is 0. The fraction of sp³-hybridized carbons (Fsp3) is 0.208. The van der Waals surface area contributed by atoms with E-state index in [0.29, 0.717) is 5.56 Å². The van der Waals surface area contributed by atoms with Crippen LogP contribution in [-0.4, -0.2) is 16.2 Å². The first kappa shape index (κ1) is 19.6. The second-order valence-corrected chi connectivity index (χ2v) is 7.88. The van der Waals surface area contributed by atoms with Crippen LogP contribution in [0.3, 0.4) is 0 Å². The number of carbonyl (C=O) groups excluding carboxylic acids is 1. The highest BCUT2D eigenvalue weighted by Crippen LogP contribution is 2.25. The number of hydrogen-bond donors (Lipinski definition) is 2. The van der Waals surface area contributed by atoms with E-state index in [1.165, 1.54) is 5.56 Å². The molecule has 4 nitrogen and oxygen atoms in total. The summed E-state index contributed by atoms with van der Waals surface area (Å²) < 4.78 is 0. The average molecular weight is 374 g/mol. The summed E-state index contributed by atoms with van der Waals surface area (Å²) in [5.74, 6) is -0.415. The van der Waals surface area contributed by atoms with Crippen LogP contribution in [0.2, 0.25) is 0 Å². The minimum atomic E-state index is -0.415. The van der Waals surface area contributed by atoms with E-state index >= 15 is 0 Å². The van der Waals surface area contributed by atoms with Crippen molar-refractivity contribution in [3.8, 4) is 0 Å². The molecular formula is C24H26N2O2. The lowest BCUT2D eigenvalue weighted by molar-refractivity contribution is -0.0648. The molecule has 3 aromatic rings. The highest BCUT2D eigenvalue weighted by Gasteiger charge is 2.14. The summed E-state index contributed by atoms with van der Waals surface area (Å²) in [6.07, 6.45) is 0. The van der Waals surface area contributed by atoms with Gasteiger partial charge < -0.3 is 5.32 Å². The number of carbonyl (C=O) groups is 1. The molecule has 0 unspecified atom stereocenters. The van der Waals surface area contributed by atoms with Gasteiger partial charge in [0.15, 0.2) is 0 Å². The third kappa shape index (κ3) is 4.99. The molecule has 0 fully saturated rings. The van der Waals surface area contributed by atoms with Crippen molar-refractivity contribution in [2.45, 2.75) is 32.7 Å². The lowest BCUT2D eigenvalue weighted by atomic mass is 9.87. The van der Waals surface area contributed by atoms with E-state index in [0.717, 1.165) is 22.0 Å². The van der Waals surface area contributed by atoms with Crippen LogP contribution >= 0.6 is 0 Å². The maximum absolute atomic E-state index is 12.2. The SMILES string of the molecule is CC(C)(C)c1ccc(Nc2ccc(CN(O)C(=O)c3ccccc3)cc2)cc1. The molecule has 1 amide bonds. The van der Waals surface area contributed by atoms with Gasteiger partial charge in [0.2, 0.25) is 0 Å². The smallest absolute Gasteiger partial charge is 0.277 e. The van der Waals surface area contributed by atoms with E-state index < -0.39 is 5.91 Å². The Morgan fingerprint density at radius 1 is 0.857 bits per heavy atom. The maximum Gasteiger partial charge on any atom is 0.277 e. The number of rotatable bonds is 5. The molecule has 0 radical (unpaired) electrons. The van der Waals surface area contributed by atoms with Gasteiger partial charge in [0, 0.05) is 16.9 Å². The summed E-state index contributed by atoms with van der Waals surface area (Å²) in [6.45, 7) is 6.72. The summed E-state index contributed by atoms with van der Waals surface area (Å²) in [7, 11) is 0. The molecule has 3 rings (SSSR count). The van der Waals surface area contributed by atoms with E-state index in [1.54, 1.807) is 24.3 Å². The van der Waals surface area contributed by atoms with Gasteiger partial charge in [-0.2, -0.15) is 0 Å². The van der Waals surface area contributed by atoms with Crippen LogP contribution in [-0.2, 0) is 12.0 Å². The molecule has 28 heavy (non-hydrogen) atoms. The highest BCUT2D eigenvalue weighted by atomic mass is 16.5. The molecule has 0 aliphatic rings. The second kappa shape index (κ2) is 8.28. The summed E-state index contributed by atoms with van der Waals surface area (Å²) in [4.78, 5) is 12.2. The predicted octanol–water partition coefficient (Wildman–Crippen LogP) is 5.76. The lowest BCUT2D eigenvalue weighted by Crippen LogP contribution is -2.26. The van der Waals surface area contributed by atoms with Gasteiger partial charge in [-0.3, -0.25) is 10.0 Å². The Labute approximate surface area is 166 Å². The van der Waals surface area contributed by atoms with Gasteiger partial charge in [-0.05, 0) is 52.9 Å². The molecule has 144 valence electrons. The van der Waals surface area contributed by atoms with Gasteiger partial charge in [-0.15, -0.1) is 0 Å². The number of amides is 1. The fourth-order valence-electron chi connectivity index (χ4n) is 2.89. The molecule has 2 N–H and O–H groups in total. The van der Waals surface area contributed by atoms with E-state index in [2.05, 4.69) is 50.4 Å². The summed E-state index contributed by atoms with van der Waals surface area (Å²) in [5.41, 5.74) is 4.70. The molecule has 4 heteroatoms. The normalized spacial score (nSPS) is 11.1. The highest BCUT2D eigenvalue weighted by molar-refractivity contribution is 5.93. The van der Waals surface area contributed by atoms with E-state index in [9.17, 15) is 10.0 Å². The van der Waals surface area contributed by atoms with Gasteiger partial charge in [0.05, 0.1) is 6.54 Å². The first-order valence-electron chi connectivity index (χ1n) is 9.35. The minimum absolute atomic E-state index is 0.132. The molecule has 0 aliphatic heterocycles. The van der Waals surface area contributed by atoms with Crippen molar-refractivity contribution in [3.05, 3.63) is 95.6 Å². The van der Waals surface area contributed by atoms with Crippen LogP contribution < -0.4 is 5.32 Å². The van der Waals surface area contributed by atoms with Crippen molar-refractivity contribution in [1.29, 1.82) is 0 Å². The quantitative estimate of drug-likeness (QED) is 0.441. The Morgan fingerprint density at radius 3 is 1.93 bits per heavy atom. The molecule has 0 saturated carbocycles. The van der Waals surface area contributed by atoms with Crippen molar-refractivity contribution in [3.63, 3.8) is 0 Å². The first-order valence-corrected chi connectivity index (χ1v) is 9.35. The first-order chi connectivity index (χ1) is 13.3. The van der Waals surface area contributed by atoms with Crippen molar-refractivity contribution < 1.29 is 10.0 Å². The molecule has 0 spiro atoms. The van der Waals surface area contributed by atoms with Crippen LogP contribution in [0, 0.1) is 0 Å². The van der Waals surface area contributed by atoms with E-state index in [1.807, 2.05) is 30.3 Å². The van der Waals surface area contributed by atoms with Gasteiger partial charge in [0.1, 0.15) is 0 Å². The average Bonchev–Trinajstić information content (AvgIpc) is 2.69. The number of nitrogens with zero attached hydrogens (tertiary/aromatic N) is 1. The Kier molecular flexibility index (Phi) is 5.81. The van der Waals surface area contributed by atoms with Gasteiger partial charge >= 0.3 is 0 Å². The monoisotopic (exact) mass is 374 g/mol. The topological polar surface area (TPSA) is 52.6 Å². The van der Waals surface area contributed by atoms with Crippen molar-refractivity contribution in [2.24, 2.45) is 0 Å². The Morgan fingerprint density at radius 2 is 1.39 bits per heavy atom. The van der Waals surface area contributed by atoms with Crippen LogP contribution in [0.15, 0.2) is 78.9 Å². The molecule has 0 bridgehead atoms. The zero-order valence-corrected chi connectivity index (χ0v) is 16.5. The zero-order valence-electron chi connectivity index (χ0n) is 16.5. The molecule has 3 aromatic carbocycles. The molecule has 0 heterocycles. The standard InChI is InChI=1S/C24H26N2O2/c1-24(2,3)20-11-15-22(16-12-20)25-21-13-9-18(10-14-21)17-26(28)23(27)19-7-5-4-6-8-19/h4-16,25,28H,17H2,1-3H3. The Bertz CT molecular complexity index is 912. The second-order valence-electron chi connectivity index (χ2n) is 7.88. The summed E-state index contributed by atoms with van der Waals surface area (Å²) in [6, 6.07) is 24.8. The van der Waals surface area contributed by atoms with Gasteiger partial charge in [-0.25, -0.2) is 5.06 Å². The predicted molar refractivity (Wildman–Crippen MR) is 113 cm³/mol. The van der Waals surface area contributed by atoms with Gasteiger partial charge in [0.25, 0.3) is 5.91 Å². The largest absolute Gasteiger partial charge is 0.356 e. The number of anilines is 2. The zero-order chi connectivity index (χ0) is 20.1. The molecule has 0 atom stereocenters. The van der Waals surface area contributed by atoms with Crippen molar-refractivity contribution >= 4 is 17.3 Å². The Balaban J connectivity index is 1.61. The third-order valence-corrected chi connectivity index (χ3v) is 4.58. The molecule has 0 aromatic heterocycles. The van der Waals surface area contributed by atoms with E-state index in [-0.39, 0.29) is 12.0 Å². The minimum Gasteiger partial charge on any atom is -0.356 e. The van der Waals surface area contributed by atoms with Crippen LogP contribution in [0.25, 0.3) is 0 Å². The number of hydrogen-bond acceptors (Lipinski definition) is 3. The number of nitrogens with one attached hydrogen (secondary N) is 1. The van der Waals surface area contributed by atoms with Crippen LogP contribution in [0.5, 0.6) is 0 Å². The number of benzene rings is 3. The van der Waals surface area contributed by atoms with E-state index in [4.69, 9.17) is 0 Å². The molecule has 0 saturated heterocycles. The van der Waals surface area contributed by atoms with Crippen molar-refractivity contribution in [1.82, 2.24) is 5.06 Å². The van der Waals surface area contributed by atoms with Crippen molar-refractivity contribution in [2.75, 3.05) is 5.32 Å². The van der Waals surface area contributed by atoms with Gasteiger partial charge in [-0.1, -0.05) is 63.2 Å². The summed E-state index contributed by atoms with van der Waals surface area (Å²) in [5, 5.41) is 14.2. The third-order valence-electron chi connectivity index (χ3n) is 4.58. The Hall–Kier alpha value is -3.11.